The summed E-state index contributed by atoms with van der Waals surface area (Å²) in [7, 11) is 0. The Morgan fingerprint density at radius 3 is 2.55 bits per heavy atom. The molecule has 0 fully saturated rings. The SMILES string of the molecule is O=C(O)C(NCc1ccccc1)c1cc(F)ccc1O. The second kappa shape index (κ2) is 6.16. The van der Waals surface area contributed by atoms with E-state index in [1.165, 1.54) is 0 Å². The largest absolute Gasteiger partial charge is 0.508 e. The molecule has 0 aliphatic carbocycles. The Morgan fingerprint density at radius 2 is 1.90 bits per heavy atom. The highest BCUT2D eigenvalue weighted by atomic mass is 19.1. The molecule has 0 bridgehead atoms. The fourth-order valence-electron chi connectivity index (χ4n) is 1.90. The summed E-state index contributed by atoms with van der Waals surface area (Å²) in [5, 5.41) is 21.7. The minimum Gasteiger partial charge on any atom is -0.508 e. The number of phenols is 1. The Bertz CT molecular complexity index is 601. The molecule has 0 heterocycles. The summed E-state index contributed by atoms with van der Waals surface area (Å²) in [6.07, 6.45) is 0. The van der Waals surface area contributed by atoms with Crippen molar-refractivity contribution < 1.29 is 19.4 Å². The van der Waals surface area contributed by atoms with Crippen molar-refractivity contribution in [3.63, 3.8) is 0 Å². The van der Waals surface area contributed by atoms with E-state index in [0.29, 0.717) is 6.54 Å². The molecule has 1 atom stereocenters. The summed E-state index contributed by atoms with van der Waals surface area (Å²) in [5.74, 6) is -2.02. The first-order valence-corrected chi connectivity index (χ1v) is 6.06. The maximum atomic E-state index is 13.2. The van der Waals surface area contributed by atoms with Crippen molar-refractivity contribution in [3.05, 3.63) is 65.5 Å². The molecule has 0 aliphatic rings. The summed E-state index contributed by atoms with van der Waals surface area (Å²) >= 11 is 0. The van der Waals surface area contributed by atoms with Gasteiger partial charge in [0.25, 0.3) is 0 Å². The van der Waals surface area contributed by atoms with Gasteiger partial charge >= 0.3 is 5.97 Å². The van der Waals surface area contributed by atoms with E-state index in [0.717, 1.165) is 23.8 Å². The molecule has 3 N–H and O–H groups in total. The lowest BCUT2D eigenvalue weighted by molar-refractivity contribution is -0.139. The standard InChI is InChI=1S/C15H14FNO3/c16-11-6-7-13(18)12(8-11)14(15(19)20)17-9-10-4-2-1-3-5-10/h1-8,14,17-18H,9H2,(H,19,20). The third-order valence-electron chi connectivity index (χ3n) is 2.90. The van der Waals surface area contributed by atoms with Crippen molar-refractivity contribution in [2.75, 3.05) is 0 Å². The van der Waals surface area contributed by atoms with Crippen LogP contribution in [-0.2, 0) is 11.3 Å². The Hall–Kier alpha value is -2.40. The van der Waals surface area contributed by atoms with Crippen molar-refractivity contribution in [2.45, 2.75) is 12.6 Å². The lowest BCUT2D eigenvalue weighted by Crippen LogP contribution is -2.28. The zero-order valence-electron chi connectivity index (χ0n) is 10.6. The van der Waals surface area contributed by atoms with Crippen LogP contribution >= 0.6 is 0 Å². The van der Waals surface area contributed by atoms with Gasteiger partial charge in [0.1, 0.15) is 17.6 Å². The number of aliphatic carboxylic acids is 1. The second-order valence-electron chi connectivity index (χ2n) is 4.34. The van der Waals surface area contributed by atoms with Crippen LogP contribution in [0.25, 0.3) is 0 Å². The van der Waals surface area contributed by atoms with Gasteiger partial charge in [0, 0.05) is 12.1 Å². The van der Waals surface area contributed by atoms with Crippen molar-refractivity contribution in [1.29, 1.82) is 0 Å². The van der Waals surface area contributed by atoms with E-state index in [9.17, 15) is 19.4 Å². The number of halogens is 1. The van der Waals surface area contributed by atoms with Gasteiger partial charge in [-0.1, -0.05) is 30.3 Å². The Labute approximate surface area is 115 Å². The highest BCUT2D eigenvalue weighted by Gasteiger charge is 2.22. The second-order valence-corrected chi connectivity index (χ2v) is 4.34. The first kappa shape index (κ1) is 14.0. The topological polar surface area (TPSA) is 69.6 Å². The molecule has 2 rings (SSSR count). The molecule has 0 saturated heterocycles. The number of carbonyl (C=O) groups is 1. The van der Waals surface area contributed by atoms with Gasteiger partial charge in [-0.15, -0.1) is 0 Å². The molecule has 0 radical (unpaired) electrons. The van der Waals surface area contributed by atoms with Gasteiger partial charge in [-0.05, 0) is 23.8 Å². The zero-order chi connectivity index (χ0) is 14.5. The lowest BCUT2D eigenvalue weighted by Gasteiger charge is -2.16. The number of phenolic OH excluding ortho intramolecular Hbond substituents is 1. The van der Waals surface area contributed by atoms with Gasteiger partial charge in [-0.3, -0.25) is 10.1 Å². The van der Waals surface area contributed by atoms with E-state index in [1.54, 1.807) is 0 Å². The average molecular weight is 275 g/mol. The molecule has 20 heavy (non-hydrogen) atoms. The molecule has 1 unspecified atom stereocenters. The van der Waals surface area contributed by atoms with Gasteiger partial charge in [0.05, 0.1) is 0 Å². The van der Waals surface area contributed by atoms with E-state index in [2.05, 4.69) is 5.32 Å². The van der Waals surface area contributed by atoms with E-state index in [1.807, 2.05) is 30.3 Å². The minimum absolute atomic E-state index is 0.00781. The van der Waals surface area contributed by atoms with Crippen molar-refractivity contribution >= 4 is 5.97 Å². The molecule has 2 aromatic rings. The number of rotatable bonds is 5. The molecule has 0 aliphatic heterocycles. The predicted molar refractivity (Wildman–Crippen MR) is 71.7 cm³/mol. The van der Waals surface area contributed by atoms with E-state index in [4.69, 9.17) is 0 Å². The highest BCUT2D eigenvalue weighted by Crippen LogP contribution is 2.25. The fraction of sp³-hybridized carbons (Fsp3) is 0.133. The molecule has 0 amide bonds. The summed E-state index contributed by atoms with van der Waals surface area (Å²) in [6.45, 7) is 0.299. The van der Waals surface area contributed by atoms with Crippen LogP contribution in [0.5, 0.6) is 5.75 Å². The number of carboxylic acids is 1. The van der Waals surface area contributed by atoms with Crippen molar-refractivity contribution in [3.8, 4) is 5.75 Å². The summed E-state index contributed by atoms with van der Waals surface area (Å²) in [6, 6.07) is 11.3. The third-order valence-corrected chi connectivity index (χ3v) is 2.90. The Balaban J connectivity index is 2.19. The quantitative estimate of drug-likeness (QED) is 0.784. The predicted octanol–water partition coefficient (Wildman–Crippen LogP) is 2.45. The maximum absolute atomic E-state index is 13.2. The van der Waals surface area contributed by atoms with Gasteiger partial charge in [0.2, 0.25) is 0 Å². The maximum Gasteiger partial charge on any atom is 0.325 e. The summed E-state index contributed by atoms with van der Waals surface area (Å²) in [5.41, 5.74) is 0.906. The monoisotopic (exact) mass is 275 g/mol. The van der Waals surface area contributed by atoms with Crippen LogP contribution in [0.1, 0.15) is 17.2 Å². The Kier molecular flexibility index (Phi) is 4.32. The first-order chi connectivity index (χ1) is 9.58. The van der Waals surface area contributed by atoms with Gasteiger partial charge in [-0.25, -0.2) is 4.39 Å². The molecule has 0 spiro atoms. The van der Waals surface area contributed by atoms with Crippen LogP contribution in [0.15, 0.2) is 48.5 Å². The van der Waals surface area contributed by atoms with E-state index < -0.39 is 17.8 Å². The summed E-state index contributed by atoms with van der Waals surface area (Å²) in [4.78, 5) is 11.3. The molecule has 104 valence electrons. The normalized spacial score (nSPS) is 12.1. The number of hydrogen-bond acceptors (Lipinski definition) is 3. The summed E-state index contributed by atoms with van der Waals surface area (Å²) < 4.78 is 13.2. The fourth-order valence-corrected chi connectivity index (χ4v) is 1.90. The number of carboxylic acid groups (broad SMARTS) is 1. The van der Waals surface area contributed by atoms with Crippen LogP contribution in [0.2, 0.25) is 0 Å². The van der Waals surface area contributed by atoms with Crippen molar-refractivity contribution in [1.82, 2.24) is 5.32 Å². The Morgan fingerprint density at radius 1 is 1.20 bits per heavy atom. The molecule has 5 heteroatoms. The van der Waals surface area contributed by atoms with Gasteiger partial charge in [-0.2, -0.15) is 0 Å². The van der Waals surface area contributed by atoms with Crippen molar-refractivity contribution in [2.24, 2.45) is 0 Å². The molecular weight excluding hydrogens is 261 g/mol. The number of benzene rings is 2. The van der Waals surface area contributed by atoms with Crippen LogP contribution in [-0.4, -0.2) is 16.2 Å². The molecule has 0 aromatic heterocycles. The van der Waals surface area contributed by atoms with Crippen LogP contribution in [0.4, 0.5) is 4.39 Å². The number of nitrogens with one attached hydrogen (secondary N) is 1. The van der Waals surface area contributed by atoms with Crippen LogP contribution in [0.3, 0.4) is 0 Å². The zero-order valence-corrected chi connectivity index (χ0v) is 10.6. The highest BCUT2D eigenvalue weighted by molar-refractivity contribution is 5.76. The van der Waals surface area contributed by atoms with E-state index >= 15 is 0 Å². The molecular formula is C15H14FNO3. The third kappa shape index (κ3) is 3.33. The van der Waals surface area contributed by atoms with E-state index in [-0.39, 0.29) is 11.3 Å². The lowest BCUT2D eigenvalue weighted by atomic mass is 10.0. The van der Waals surface area contributed by atoms with Gasteiger partial charge in [0.15, 0.2) is 0 Å². The first-order valence-electron chi connectivity index (χ1n) is 6.06. The van der Waals surface area contributed by atoms with Gasteiger partial charge < -0.3 is 10.2 Å². The number of hydrogen-bond donors (Lipinski definition) is 3. The van der Waals surface area contributed by atoms with Crippen LogP contribution in [0, 0.1) is 5.82 Å². The molecule has 4 nitrogen and oxygen atoms in total. The average Bonchev–Trinajstić information content (AvgIpc) is 2.43. The van der Waals surface area contributed by atoms with Crippen LogP contribution < -0.4 is 5.32 Å². The minimum atomic E-state index is -1.18. The molecule has 0 saturated carbocycles. The molecule has 2 aromatic carbocycles. The smallest absolute Gasteiger partial charge is 0.325 e. The number of aromatic hydroxyl groups is 1.